The first-order valence-corrected chi connectivity index (χ1v) is 7.74. The van der Waals surface area contributed by atoms with E-state index in [0.717, 1.165) is 38.2 Å². The predicted octanol–water partition coefficient (Wildman–Crippen LogP) is 2.80. The normalized spacial score (nSPS) is 16.0. The molecule has 0 aliphatic carbocycles. The van der Waals surface area contributed by atoms with Crippen LogP contribution in [-0.4, -0.2) is 29.6 Å². The maximum absolute atomic E-state index is 11.6. The van der Waals surface area contributed by atoms with E-state index in [2.05, 4.69) is 39.7 Å². The lowest BCUT2D eigenvalue weighted by atomic mass is 10.1. The van der Waals surface area contributed by atoms with E-state index < -0.39 is 0 Å². The molecule has 0 bridgehead atoms. The maximum Gasteiger partial charge on any atom is 0.240 e. The summed E-state index contributed by atoms with van der Waals surface area (Å²) in [6.07, 6.45) is 2.42. The van der Waals surface area contributed by atoms with Gasteiger partial charge in [-0.1, -0.05) is 44.2 Å². The minimum absolute atomic E-state index is 0.0178. The van der Waals surface area contributed by atoms with Crippen LogP contribution in [-0.2, 0) is 11.3 Å². The third-order valence-corrected chi connectivity index (χ3v) is 3.61. The summed E-state index contributed by atoms with van der Waals surface area (Å²) in [6, 6.07) is 10.5. The van der Waals surface area contributed by atoms with Gasteiger partial charge in [-0.2, -0.15) is 5.10 Å². The molecule has 4 heteroatoms. The highest BCUT2D eigenvalue weighted by molar-refractivity contribution is 5.87. The number of hydrazone groups is 1. The molecule has 2 rings (SSSR count). The molecule has 21 heavy (non-hydrogen) atoms. The molecule has 1 aromatic rings. The summed E-state index contributed by atoms with van der Waals surface area (Å²) in [5.74, 6) is 0.391. The SMILES string of the molecule is CC(C)CC(=O)NN=C1CCN(Cc2ccccc2)CC1. The fraction of sp³-hybridized carbons (Fsp3) is 0.529. The molecule has 0 unspecified atom stereocenters. The molecule has 1 aromatic carbocycles. The summed E-state index contributed by atoms with van der Waals surface area (Å²) in [6.45, 7) is 7.08. The minimum atomic E-state index is 0.0178. The molecule has 4 nitrogen and oxygen atoms in total. The molecule has 1 aliphatic rings. The van der Waals surface area contributed by atoms with Gasteiger partial charge in [0.25, 0.3) is 0 Å². The first kappa shape index (κ1) is 15.7. The van der Waals surface area contributed by atoms with Crippen molar-refractivity contribution in [2.45, 2.75) is 39.7 Å². The van der Waals surface area contributed by atoms with Crippen LogP contribution in [0.15, 0.2) is 35.4 Å². The molecule has 1 aliphatic heterocycles. The van der Waals surface area contributed by atoms with E-state index in [-0.39, 0.29) is 5.91 Å². The number of carbonyl (C=O) groups excluding carboxylic acids is 1. The molecular weight excluding hydrogens is 262 g/mol. The van der Waals surface area contributed by atoms with Gasteiger partial charge in [0.2, 0.25) is 5.91 Å². The van der Waals surface area contributed by atoms with Gasteiger partial charge in [0, 0.05) is 44.6 Å². The van der Waals surface area contributed by atoms with Crippen LogP contribution < -0.4 is 5.43 Å². The number of piperidine rings is 1. The lowest BCUT2D eigenvalue weighted by molar-refractivity contribution is -0.121. The van der Waals surface area contributed by atoms with Crippen molar-refractivity contribution >= 4 is 11.6 Å². The summed E-state index contributed by atoms with van der Waals surface area (Å²) < 4.78 is 0. The second-order valence-electron chi connectivity index (χ2n) is 6.07. The topological polar surface area (TPSA) is 44.7 Å². The Hall–Kier alpha value is -1.68. The molecule has 1 heterocycles. The number of nitrogens with zero attached hydrogens (tertiary/aromatic N) is 2. The Morgan fingerprint density at radius 2 is 1.90 bits per heavy atom. The number of hydrogen-bond donors (Lipinski definition) is 1. The van der Waals surface area contributed by atoms with E-state index in [0.29, 0.717) is 12.3 Å². The van der Waals surface area contributed by atoms with Crippen molar-refractivity contribution in [2.75, 3.05) is 13.1 Å². The van der Waals surface area contributed by atoms with Gasteiger partial charge in [-0.05, 0) is 11.5 Å². The summed E-state index contributed by atoms with van der Waals surface area (Å²) in [7, 11) is 0. The number of amides is 1. The average molecular weight is 287 g/mol. The second-order valence-corrected chi connectivity index (χ2v) is 6.07. The lowest BCUT2D eigenvalue weighted by Gasteiger charge is -2.27. The zero-order valence-corrected chi connectivity index (χ0v) is 13.0. The van der Waals surface area contributed by atoms with Gasteiger partial charge in [0.1, 0.15) is 0 Å². The van der Waals surface area contributed by atoms with Crippen LogP contribution in [0.2, 0.25) is 0 Å². The van der Waals surface area contributed by atoms with E-state index in [4.69, 9.17) is 0 Å². The summed E-state index contributed by atoms with van der Waals surface area (Å²) >= 11 is 0. The minimum Gasteiger partial charge on any atom is -0.298 e. The number of likely N-dealkylation sites (tertiary alicyclic amines) is 1. The first-order valence-electron chi connectivity index (χ1n) is 7.74. The van der Waals surface area contributed by atoms with E-state index >= 15 is 0 Å². The third-order valence-electron chi connectivity index (χ3n) is 3.61. The number of rotatable bonds is 5. The van der Waals surface area contributed by atoms with Gasteiger partial charge in [-0.15, -0.1) is 0 Å². The van der Waals surface area contributed by atoms with Crippen molar-refractivity contribution in [1.29, 1.82) is 0 Å². The standard InChI is InChI=1S/C17H25N3O/c1-14(2)12-17(21)19-18-16-8-10-20(11-9-16)13-15-6-4-3-5-7-15/h3-7,14H,8-13H2,1-2H3,(H,19,21). The number of benzene rings is 1. The quantitative estimate of drug-likeness (QED) is 0.846. The molecule has 1 fully saturated rings. The average Bonchev–Trinajstić information content (AvgIpc) is 2.47. The molecule has 0 atom stereocenters. The molecule has 0 saturated carbocycles. The Labute approximate surface area is 127 Å². The largest absolute Gasteiger partial charge is 0.298 e. The van der Waals surface area contributed by atoms with E-state index in [1.165, 1.54) is 5.56 Å². The Bertz CT molecular complexity index is 472. The third kappa shape index (κ3) is 5.68. The number of hydrogen-bond acceptors (Lipinski definition) is 3. The van der Waals surface area contributed by atoms with E-state index in [9.17, 15) is 4.79 Å². The lowest BCUT2D eigenvalue weighted by Crippen LogP contribution is -2.34. The molecule has 114 valence electrons. The molecule has 0 spiro atoms. The molecular formula is C17H25N3O. The Balaban J connectivity index is 1.74. The van der Waals surface area contributed by atoms with Crippen molar-refractivity contribution in [1.82, 2.24) is 10.3 Å². The highest BCUT2D eigenvalue weighted by Gasteiger charge is 2.15. The van der Waals surface area contributed by atoms with Crippen LogP contribution in [0.4, 0.5) is 0 Å². The van der Waals surface area contributed by atoms with Crippen LogP contribution in [0.25, 0.3) is 0 Å². The van der Waals surface area contributed by atoms with Gasteiger partial charge in [0.05, 0.1) is 0 Å². The summed E-state index contributed by atoms with van der Waals surface area (Å²) in [4.78, 5) is 14.0. The van der Waals surface area contributed by atoms with Crippen LogP contribution in [0.1, 0.15) is 38.7 Å². The van der Waals surface area contributed by atoms with Gasteiger partial charge in [-0.3, -0.25) is 9.69 Å². The fourth-order valence-electron chi connectivity index (χ4n) is 2.48. The number of carbonyl (C=O) groups is 1. The Morgan fingerprint density at radius 3 is 2.52 bits per heavy atom. The molecule has 1 saturated heterocycles. The van der Waals surface area contributed by atoms with Crippen molar-refractivity contribution in [3.05, 3.63) is 35.9 Å². The van der Waals surface area contributed by atoms with Crippen molar-refractivity contribution in [3.63, 3.8) is 0 Å². The Morgan fingerprint density at radius 1 is 1.24 bits per heavy atom. The zero-order valence-electron chi connectivity index (χ0n) is 13.0. The van der Waals surface area contributed by atoms with Gasteiger partial charge >= 0.3 is 0 Å². The monoisotopic (exact) mass is 287 g/mol. The summed E-state index contributed by atoms with van der Waals surface area (Å²) in [5, 5.41) is 4.27. The van der Waals surface area contributed by atoms with Crippen LogP contribution >= 0.6 is 0 Å². The molecule has 0 radical (unpaired) electrons. The summed E-state index contributed by atoms with van der Waals surface area (Å²) in [5.41, 5.74) is 5.14. The highest BCUT2D eigenvalue weighted by atomic mass is 16.2. The molecule has 1 amide bonds. The first-order chi connectivity index (χ1) is 10.1. The molecule has 0 aromatic heterocycles. The molecule has 1 N–H and O–H groups in total. The van der Waals surface area contributed by atoms with Crippen LogP contribution in [0, 0.1) is 5.92 Å². The van der Waals surface area contributed by atoms with Crippen LogP contribution in [0.5, 0.6) is 0 Å². The van der Waals surface area contributed by atoms with Crippen molar-refractivity contribution in [2.24, 2.45) is 11.0 Å². The predicted molar refractivity (Wildman–Crippen MR) is 86.0 cm³/mol. The smallest absolute Gasteiger partial charge is 0.240 e. The highest BCUT2D eigenvalue weighted by Crippen LogP contribution is 2.11. The zero-order chi connectivity index (χ0) is 15.1. The van der Waals surface area contributed by atoms with Crippen molar-refractivity contribution < 1.29 is 4.79 Å². The van der Waals surface area contributed by atoms with Crippen LogP contribution in [0.3, 0.4) is 0 Å². The second kappa shape index (κ2) is 7.93. The van der Waals surface area contributed by atoms with E-state index in [1.807, 2.05) is 19.9 Å². The van der Waals surface area contributed by atoms with Gasteiger partial charge < -0.3 is 0 Å². The fourth-order valence-corrected chi connectivity index (χ4v) is 2.48. The number of nitrogens with one attached hydrogen (secondary N) is 1. The van der Waals surface area contributed by atoms with E-state index in [1.54, 1.807) is 0 Å². The maximum atomic E-state index is 11.6. The van der Waals surface area contributed by atoms with Gasteiger partial charge in [0.15, 0.2) is 0 Å². The van der Waals surface area contributed by atoms with Gasteiger partial charge in [-0.25, -0.2) is 5.43 Å². The van der Waals surface area contributed by atoms with Crippen molar-refractivity contribution in [3.8, 4) is 0 Å². The Kier molecular flexibility index (Phi) is 5.93.